The maximum Gasteiger partial charge on any atom is 0.238 e. The summed E-state index contributed by atoms with van der Waals surface area (Å²) in [5.41, 5.74) is 5.65. The predicted molar refractivity (Wildman–Crippen MR) is 83.8 cm³/mol. The first-order valence-electron chi connectivity index (χ1n) is 7.20. The van der Waals surface area contributed by atoms with Gasteiger partial charge >= 0.3 is 0 Å². The molecular weight excluding hydrogens is 300 g/mol. The zero-order valence-electron chi connectivity index (χ0n) is 12.2. The lowest BCUT2D eigenvalue weighted by molar-refractivity contribution is -0.131. The van der Waals surface area contributed by atoms with Gasteiger partial charge in [0.1, 0.15) is 5.75 Å². The maximum atomic E-state index is 12.1. The fourth-order valence-corrected chi connectivity index (χ4v) is 3.82. The number of rotatable bonds is 7. The SMILES string of the molecule is CCCCCS(=O)(=O)CC(=O)N1CCCCC1CN.Cl. The van der Waals surface area contributed by atoms with E-state index in [0.717, 1.165) is 32.1 Å². The van der Waals surface area contributed by atoms with E-state index in [1.54, 1.807) is 4.90 Å². The summed E-state index contributed by atoms with van der Waals surface area (Å²) in [4.78, 5) is 13.8. The topological polar surface area (TPSA) is 80.5 Å². The highest BCUT2D eigenvalue weighted by Crippen LogP contribution is 2.17. The van der Waals surface area contributed by atoms with Gasteiger partial charge in [-0.3, -0.25) is 4.79 Å². The van der Waals surface area contributed by atoms with Crippen molar-refractivity contribution in [2.24, 2.45) is 5.73 Å². The largest absolute Gasteiger partial charge is 0.338 e. The van der Waals surface area contributed by atoms with Crippen molar-refractivity contribution in [2.45, 2.75) is 51.5 Å². The van der Waals surface area contributed by atoms with E-state index in [1.165, 1.54) is 0 Å². The summed E-state index contributed by atoms with van der Waals surface area (Å²) in [5, 5.41) is 0. The number of amides is 1. The minimum Gasteiger partial charge on any atom is -0.338 e. The average molecular weight is 327 g/mol. The van der Waals surface area contributed by atoms with Gasteiger partial charge in [0.2, 0.25) is 5.91 Å². The standard InChI is InChI=1S/C13H26N2O3S.ClH/c1-2-3-6-9-19(17,18)11-13(16)15-8-5-4-7-12(15)10-14;/h12H,2-11,14H2,1H3;1H. The maximum absolute atomic E-state index is 12.1. The Bertz CT molecular complexity index is 387. The van der Waals surface area contributed by atoms with Gasteiger partial charge in [-0.1, -0.05) is 19.8 Å². The minimum absolute atomic E-state index is 0. The highest BCUT2D eigenvalue weighted by Gasteiger charge is 2.28. The van der Waals surface area contributed by atoms with E-state index in [2.05, 4.69) is 0 Å². The zero-order valence-corrected chi connectivity index (χ0v) is 13.8. The van der Waals surface area contributed by atoms with Crippen LogP contribution in [0.3, 0.4) is 0 Å². The molecule has 0 aromatic rings. The van der Waals surface area contributed by atoms with Crippen LogP contribution in [0.25, 0.3) is 0 Å². The van der Waals surface area contributed by atoms with Crippen LogP contribution in [0.2, 0.25) is 0 Å². The summed E-state index contributed by atoms with van der Waals surface area (Å²) in [6, 6.07) is 0.0205. The molecule has 7 heteroatoms. The van der Waals surface area contributed by atoms with Crippen LogP contribution >= 0.6 is 12.4 Å². The monoisotopic (exact) mass is 326 g/mol. The Morgan fingerprint density at radius 3 is 2.60 bits per heavy atom. The van der Waals surface area contributed by atoms with Crippen LogP contribution in [0.15, 0.2) is 0 Å². The summed E-state index contributed by atoms with van der Waals surface area (Å²) >= 11 is 0. The Balaban J connectivity index is 0.00000361. The molecule has 1 atom stereocenters. The molecule has 1 amide bonds. The predicted octanol–water partition coefficient (Wildman–Crippen LogP) is 1.35. The Kier molecular flexibility index (Phi) is 9.42. The second-order valence-corrected chi connectivity index (χ2v) is 7.46. The third-order valence-electron chi connectivity index (χ3n) is 3.62. The number of nitrogens with zero attached hydrogens (tertiary/aromatic N) is 1. The van der Waals surface area contributed by atoms with Gasteiger partial charge in [0.25, 0.3) is 0 Å². The summed E-state index contributed by atoms with van der Waals surface area (Å²) in [5.74, 6) is -0.507. The fourth-order valence-electron chi connectivity index (χ4n) is 2.49. The molecule has 1 saturated heterocycles. The molecule has 5 nitrogen and oxygen atoms in total. The Morgan fingerprint density at radius 1 is 1.30 bits per heavy atom. The number of likely N-dealkylation sites (tertiary alicyclic amines) is 1. The second kappa shape index (κ2) is 9.58. The molecule has 20 heavy (non-hydrogen) atoms. The normalized spacial score (nSPS) is 19.5. The van der Waals surface area contributed by atoms with Crippen LogP contribution in [0.1, 0.15) is 45.4 Å². The van der Waals surface area contributed by atoms with Crippen LogP contribution in [-0.2, 0) is 14.6 Å². The molecule has 0 aromatic heterocycles. The zero-order chi connectivity index (χ0) is 14.3. The summed E-state index contributed by atoms with van der Waals surface area (Å²) in [6.45, 7) is 3.09. The van der Waals surface area contributed by atoms with E-state index >= 15 is 0 Å². The molecule has 0 saturated carbocycles. The molecule has 1 unspecified atom stereocenters. The van der Waals surface area contributed by atoms with Gasteiger partial charge in [0.15, 0.2) is 9.84 Å². The quantitative estimate of drug-likeness (QED) is 0.716. The molecule has 1 rings (SSSR count). The van der Waals surface area contributed by atoms with Gasteiger partial charge in [-0.25, -0.2) is 8.42 Å². The lowest BCUT2D eigenvalue weighted by atomic mass is 10.0. The highest BCUT2D eigenvalue weighted by molar-refractivity contribution is 7.92. The molecule has 1 fully saturated rings. The minimum atomic E-state index is -3.27. The molecule has 1 heterocycles. The number of unbranched alkanes of at least 4 members (excludes halogenated alkanes) is 2. The average Bonchev–Trinajstić information content (AvgIpc) is 2.38. The van der Waals surface area contributed by atoms with Crippen molar-refractivity contribution >= 4 is 28.2 Å². The van der Waals surface area contributed by atoms with Gasteiger partial charge < -0.3 is 10.6 Å². The van der Waals surface area contributed by atoms with Crippen LogP contribution in [-0.4, -0.2) is 49.9 Å². The van der Waals surface area contributed by atoms with Crippen molar-refractivity contribution in [1.82, 2.24) is 4.90 Å². The van der Waals surface area contributed by atoms with Crippen molar-refractivity contribution in [3.05, 3.63) is 0 Å². The first kappa shape index (κ1) is 19.7. The van der Waals surface area contributed by atoms with Gasteiger partial charge in [-0.15, -0.1) is 12.4 Å². The number of hydrogen-bond donors (Lipinski definition) is 1. The van der Waals surface area contributed by atoms with Crippen LogP contribution in [0, 0.1) is 0 Å². The Hall–Kier alpha value is -0.330. The van der Waals surface area contributed by atoms with Gasteiger partial charge in [0.05, 0.1) is 5.75 Å². The Labute approximate surface area is 128 Å². The first-order valence-corrected chi connectivity index (χ1v) is 9.02. The van der Waals surface area contributed by atoms with Crippen LogP contribution in [0.4, 0.5) is 0 Å². The molecule has 0 aromatic carbocycles. The van der Waals surface area contributed by atoms with Crippen molar-refractivity contribution < 1.29 is 13.2 Å². The lowest BCUT2D eigenvalue weighted by Gasteiger charge is -2.35. The molecule has 0 aliphatic carbocycles. The van der Waals surface area contributed by atoms with E-state index in [4.69, 9.17) is 5.73 Å². The van der Waals surface area contributed by atoms with Crippen LogP contribution < -0.4 is 5.73 Å². The van der Waals surface area contributed by atoms with E-state index in [-0.39, 0.29) is 35.9 Å². The third-order valence-corrected chi connectivity index (χ3v) is 5.22. The summed E-state index contributed by atoms with van der Waals surface area (Å²) < 4.78 is 23.7. The summed E-state index contributed by atoms with van der Waals surface area (Å²) in [6.07, 6.45) is 5.41. The fraction of sp³-hybridized carbons (Fsp3) is 0.923. The van der Waals surface area contributed by atoms with Crippen molar-refractivity contribution in [2.75, 3.05) is 24.6 Å². The summed E-state index contributed by atoms with van der Waals surface area (Å²) in [7, 11) is -3.27. The number of carbonyl (C=O) groups is 1. The number of hydrogen-bond acceptors (Lipinski definition) is 4. The molecule has 0 bridgehead atoms. The highest BCUT2D eigenvalue weighted by atomic mass is 35.5. The van der Waals surface area contributed by atoms with Crippen molar-refractivity contribution in [3.8, 4) is 0 Å². The van der Waals surface area contributed by atoms with E-state index < -0.39 is 9.84 Å². The third kappa shape index (κ3) is 6.41. The van der Waals surface area contributed by atoms with E-state index in [1.807, 2.05) is 6.92 Å². The second-order valence-electron chi connectivity index (χ2n) is 5.27. The first-order chi connectivity index (χ1) is 9.00. The number of nitrogens with two attached hydrogens (primary N) is 1. The molecular formula is C13H27ClN2O3S. The smallest absolute Gasteiger partial charge is 0.238 e. The number of halogens is 1. The van der Waals surface area contributed by atoms with Gasteiger partial charge in [0, 0.05) is 19.1 Å². The number of carbonyl (C=O) groups excluding carboxylic acids is 1. The Morgan fingerprint density at radius 2 is 2.00 bits per heavy atom. The van der Waals surface area contributed by atoms with Crippen molar-refractivity contribution in [1.29, 1.82) is 0 Å². The number of piperidine rings is 1. The van der Waals surface area contributed by atoms with Crippen molar-refractivity contribution in [3.63, 3.8) is 0 Å². The molecule has 120 valence electrons. The lowest BCUT2D eigenvalue weighted by Crippen LogP contribution is -2.49. The molecule has 0 radical (unpaired) electrons. The number of sulfone groups is 1. The van der Waals surface area contributed by atoms with E-state index in [9.17, 15) is 13.2 Å². The van der Waals surface area contributed by atoms with Gasteiger partial charge in [-0.05, 0) is 25.7 Å². The molecule has 2 N–H and O–H groups in total. The van der Waals surface area contributed by atoms with Gasteiger partial charge in [-0.2, -0.15) is 0 Å². The molecule has 0 spiro atoms. The van der Waals surface area contributed by atoms with Crippen LogP contribution in [0.5, 0.6) is 0 Å². The van der Waals surface area contributed by atoms with E-state index in [0.29, 0.717) is 19.5 Å². The molecule has 1 aliphatic heterocycles. The molecule has 1 aliphatic rings.